The standard InChI is InChI=1S/C20H27N3O/c1-4-23(18-10-6-5-7-11-18)20(24)14-17(15-21)16-9-8-12-19(13-16)22(2)3/h5-13,17H,4,14-15,21H2,1-3H3. The van der Waals surface area contributed by atoms with Crippen LogP contribution in [-0.2, 0) is 4.79 Å². The number of anilines is 2. The van der Waals surface area contributed by atoms with E-state index in [0.717, 1.165) is 16.9 Å². The van der Waals surface area contributed by atoms with Crippen molar-refractivity contribution in [1.82, 2.24) is 0 Å². The summed E-state index contributed by atoms with van der Waals surface area (Å²) in [6, 6.07) is 18.0. The van der Waals surface area contributed by atoms with E-state index in [-0.39, 0.29) is 11.8 Å². The van der Waals surface area contributed by atoms with Crippen LogP contribution in [0, 0.1) is 0 Å². The van der Waals surface area contributed by atoms with E-state index < -0.39 is 0 Å². The van der Waals surface area contributed by atoms with Gasteiger partial charge in [0.15, 0.2) is 0 Å². The minimum absolute atomic E-state index is 0.0233. The zero-order valence-corrected chi connectivity index (χ0v) is 14.8. The molecule has 1 unspecified atom stereocenters. The number of benzene rings is 2. The van der Waals surface area contributed by atoms with Crippen molar-refractivity contribution in [1.29, 1.82) is 0 Å². The number of hydrogen-bond acceptors (Lipinski definition) is 3. The van der Waals surface area contributed by atoms with Gasteiger partial charge in [-0.3, -0.25) is 4.79 Å². The van der Waals surface area contributed by atoms with E-state index in [0.29, 0.717) is 19.5 Å². The molecule has 0 fully saturated rings. The lowest BCUT2D eigenvalue weighted by Crippen LogP contribution is -2.33. The molecule has 0 aliphatic heterocycles. The van der Waals surface area contributed by atoms with E-state index in [1.165, 1.54) is 0 Å². The van der Waals surface area contributed by atoms with Crippen molar-refractivity contribution in [3.8, 4) is 0 Å². The van der Waals surface area contributed by atoms with Gasteiger partial charge in [-0.15, -0.1) is 0 Å². The molecule has 2 aromatic rings. The van der Waals surface area contributed by atoms with Gasteiger partial charge < -0.3 is 15.5 Å². The number of nitrogens with two attached hydrogens (primary N) is 1. The third-order valence-electron chi connectivity index (χ3n) is 4.25. The monoisotopic (exact) mass is 325 g/mol. The molecule has 0 bridgehead atoms. The number of amides is 1. The Balaban J connectivity index is 2.17. The summed E-state index contributed by atoms with van der Waals surface area (Å²) in [4.78, 5) is 16.7. The maximum atomic E-state index is 12.8. The third kappa shape index (κ3) is 4.36. The van der Waals surface area contributed by atoms with Crippen LogP contribution >= 0.6 is 0 Å². The second-order valence-electron chi connectivity index (χ2n) is 6.10. The molecule has 0 aliphatic rings. The summed E-state index contributed by atoms with van der Waals surface area (Å²) in [6.07, 6.45) is 0.413. The Kier molecular flexibility index (Phi) is 6.38. The molecule has 0 heterocycles. The van der Waals surface area contributed by atoms with Crippen LogP contribution in [0.2, 0.25) is 0 Å². The van der Waals surface area contributed by atoms with Crippen molar-refractivity contribution in [2.75, 3.05) is 37.0 Å². The molecule has 0 saturated carbocycles. The Morgan fingerprint density at radius 1 is 1.04 bits per heavy atom. The Morgan fingerprint density at radius 2 is 1.71 bits per heavy atom. The predicted molar refractivity (Wildman–Crippen MR) is 102 cm³/mol. The van der Waals surface area contributed by atoms with Crippen molar-refractivity contribution in [3.63, 3.8) is 0 Å². The van der Waals surface area contributed by atoms with Crippen LogP contribution in [0.25, 0.3) is 0 Å². The highest BCUT2D eigenvalue weighted by atomic mass is 16.2. The molecule has 1 atom stereocenters. The largest absolute Gasteiger partial charge is 0.378 e. The zero-order valence-electron chi connectivity index (χ0n) is 14.8. The van der Waals surface area contributed by atoms with Gasteiger partial charge in [-0.1, -0.05) is 30.3 Å². The molecule has 0 saturated heterocycles. The quantitative estimate of drug-likeness (QED) is 0.850. The Hall–Kier alpha value is -2.33. The average molecular weight is 325 g/mol. The molecular weight excluding hydrogens is 298 g/mol. The maximum Gasteiger partial charge on any atom is 0.227 e. The fraction of sp³-hybridized carbons (Fsp3) is 0.350. The van der Waals surface area contributed by atoms with Gasteiger partial charge in [0.25, 0.3) is 0 Å². The molecule has 2 N–H and O–H groups in total. The maximum absolute atomic E-state index is 12.8. The van der Waals surface area contributed by atoms with Gasteiger partial charge in [0, 0.05) is 44.4 Å². The minimum atomic E-state index is 0.0233. The first-order valence-electron chi connectivity index (χ1n) is 8.39. The van der Waals surface area contributed by atoms with Gasteiger partial charge in [-0.05, 0) is 43.3 Å². The molecule has 4 nitrogen and oxygen atoms in total. The van der Waals surface area contributed by atoms with Gasteiger partial charge in [0.1, 0.15) is 0 Å². The first kappa shape index (κ1) is 18.0. The van der Waals surface area contributed by atoms with Crippen molar-refractivity contribution >= 4 is 17.3 Å². The van der Waals surface area contributed by atoms with E-state index in [1.54, 1.807) is 0 Å². The van der Waals surface area contributed by atoms with E-state index >= 15 is 0 Å². The van der Waals surface area contributed by atoms with Gasteiger partial charge in [-0.2, -0.15) is 0 Å². The number of carbonyl (C=O) groups is 1. The normalized spacial score (nSPS) is 11.8. The van der Waals surface area contributed by atoms with Crippen molar-refractivity contribution in [2.24, 2.45) is 5.73 Å². The molecule has 1 amide bonds. The second-order valence-corrected chi connectivity index (χ2v) is 6.10. The first-order chi connectivity index (χ1) is 11.6. The predicted octanol–water partition coefficient (Wildman–Crippen LogP) is 3.24. The highest BCUT2D eigenvalue weighted by Crippen LogP contribution is 2.25. The Labute approximate surface area is 144 Å². The second kappa shape index (κ2) is 8.50. The van der Waals surface area contributed by atoms with Crippen LogP contribution in [0.1, 0.15) is 24.8 Å². The highest BCUT2D eigenvalue weighted by Gasteiger charge is 2.20. The molecule has 2 rings (SSSR count). The lowest BCUT2D eigenvalue weighted by molar-refractivity contribution is -0.118. The lowest BCUT2D eigenvalue weighted by Gasteiger charge is -2.24. The number of rotatable bonds is 7. The summed E-state index contributed by atoms with van der Waals surface area (Å²) in [5.74, 6) is 0.129. The molecule has 0 spiro atoms. The molecule has 0 radical (unpaired) electrons. The van der Waals surface area contributed by atoms with Crippen molar-refractivity contribution < 1.29 is 4.79 Å². The summed E-state index contributed by atoms with van der Waals surface area (Å²) in [6.45, 7) is 3.10. The van der Waals surface area contributed by atoms with Gasteiger partial charge in [0.05, 0.1) is 0 Å². The van der Waals surface area contributed by atoms with E-state index in [9.17, 15) is 4.79 Å². The Bertz CT molecular complexity index is 655. The molecular formula is C20H27N3O. The van der Waals surface area contributed by atoms with Crippen molar-refractivity contribution in [2.45, 2.75) is 19.3 Å². The van der Waals surface area contributed by atoms with E-state index in [2.05, 4.69) is 23.1 Å². The van der Waals surface area contributed by atoms with E-state index in [4.69, 9.17) is 5.73 Å². The Morgan fingerprint density at radius 3 is 2.29 bits per heavy atom. The van der Waals surface area contributed by atoms with Gasteiger partial charge in [0.2, 0.25) is 5.91 Å². The summed E-state index contributed by atoms with van der Waals surface area (Å²) in [5, 5.41) is 0. The lowest BCUT2D eigenvalue weighted by atomic mass is 9.94. The zero-order chi connectivity index (χ0) is 17.5. The number of carbonyl (C=O) groups excluding carboxylic acids is 1. The smallest absolute Gasteiger partial charge is 0.227 e. The number of hydrogen-bond donors (Lipinski definition) is 1. The third-order valence-corrected chi connectivity index (χ3v) is 4.25. The minimum Gasteiger partial charge on any atom is -0.378 e. The fourth-order valence-corrected chi connectivity index (χ4v) is 2.83. The molecule has 0 aromatic heterocycles. The number of nitrogens with zero attached hydrogens (tertiary/aromatic N) is 2. The molecule has 24 heavy (non-hydrogen) atoms. The van der Waals surface area contributed by atoms with Crippen LogP contribution in [0.4, 0.5) is 11.4 Å². The molecule has 2 aromatic carbocycles. The number of para-hydroxylation sites is 1. The van der Waals surface area contributed by atoms with Crippen molar-refractivity contribution in [3.05, 3.63) is 60.2 Å². The summed E-state index contributed by atoms with van der Waals surface area (Å²) in [7, 11) is 4.02. The van der Waals surface area contributed by atoms with Crippen LogP contribution in [0.15, 0.2) is 54.6 Å². The summed E-state index contributed by atoms with van der Waals surface area (Å²) < 4.78 is 0. The fourth-order valence-electron chi connectivity index (χ4n) is 2.83. The molecule has 128 valence electrons. The van der Waals surface area contributed by atoms with Crippen LogP contribution in [0.3, 0.4) is 0 Å². The average Bonchev–Trinajstić information content (AvgIpc) is 2.61. The van der Waals surface area contributed by atoms with Crippen LogP contribution in [-0.4, -0.2) is 33.1 Å². The topological polar surface area (TPSA) is 49.6 Å². The highest BCUT2D eigenvalue weighted by molar-refractivity contribution is 5.93. The van der Waals surface area contributed by atoms with E-state index in [1.807, 2.05) is 62.3 Å². The first-order valence-corrected chi connectivity index (χ1v) is 8.39. The molecule has 0 aliphatic carbocycles. The summed E-state index contributed by atoms with van der Waals surface area (Å²) >= 11 is 0. The molecule has 4 heteroatoms. The van der Waals surface area contributed by atoms with Crippen LogP contribution in [0.5, 0.6) is 0 Å². The summed E-state index contributed by atoms with van der Waals surface area (Å²) in [5.41, 5.74) is 9.14. The van der Waals surface area contributed by atoms with Crippen LogP contribution < -0.4 is 15.5 Å². The van der Waals surface area contributed by atoms with Gasteiger partial charge >= 0.3 is 0 Å². The van der Waals surface area contributed by atoms with Gasteiger partial charge in [-0.25, -0.2) is 0 Å². The SMILES string of the molecule is CCN(C(=O)CC(CN)c1cccc(N(C)C)c1)c1ccccc1.